The maximum atomic E-state index is 13.1. The van der Waals surface area contributed by atoms with E-state index in [0.717, 1.165) is 49.9 Å². The fraction of sp³-hybridized carbons (Fsp3) is 0.364. The zero-order valence-electron chi connectivity index (χ0n) is 17.0. The van der Waals surface area contributed by atoms with E-state index in [1.165, 1.54) is 5.56 Å². The van der Waals surface area contributed by atoms with Gasteiger partial charge in [-0.3, -0.25) is 9.69 Å². The third-order valence-electron chi connectivity index (χ3n) is 5.56. The monoisotopic (exact) mass is 448 g/mol. The van der Waals surface area contributed by atoms with Gasteiger partial charge in [0.1, 0.15) is 15.4 Å². The molecule has 0 atom stereocenters. The van der Waals surface area contributed by atoms with Crippen molar-refractivity contribution in [1.82, 2.24) is 15.2 Å². The van der Waals surface area contributed by atoms with Crippen molar-refractivity contribution in [2.45, 2.75) is 38.5 Å². The number of hydrogen-bond donors (Lipinski definition) is 2. The molecule has 0 aliphatic carbocycles. The molecule has 3 N–H and O–H groups in total. The average molecular weight is 449 g/mol. The van der Waals surface area contributed by atoms with E-state index in [0.29, 0.717) is 10.9 Å². The number of halogens is 3. The summed E-state index contributed by atoms with van der Waals surface area (Å²) >= 11 is 0.909. The fourth-order valence-electron chi connectivity index (χ4n) is 3.95. The third-order valence-corrected chi connectivity index (χ3v) is 6.66. The zero-order chi connectivity index (χ0) is 22.2. The van der Waals surface area contributed by atoms with Crippen molar-refractivity contribution in [2.24, 2.45) is 0 Å². The van der Waals surface area contributed by atoms with Gasteiger partial charge in [0.15, 0.2) is 0 Å². The molecular formula is C22H23F3N4OS. The number of aryl methyl sites for hydroxylation is 1. The molecule has 0 bridgehead atoms. The molecule has 2 aromatic heterocycles. The van der Waals surface area contributed by atoms with Crippen molar-refractivity contribution >= 4 is 33.1 Å². The largest absolute Gasteiger partial charge is 0.433 e. The number of likely N-dealkylation sites (tertiary alicyclic amines) is 1. The lowest BCUT2D eigenvalue weighted by atomic mass is 10.0. The molecule has 1 fully saturated rings. The Balaban J connectivity index is 1.43. The molecule has 0 radical (unpaired) electrons. The summed E-state index contributed by atoms with van der Waals surface area (Å²) in [5, 5.41) is 3.42. The summed E-state index contributed by atoms with van der Waals surface area (Å²) < 4.78 is 39.2. The molecule has 5 nitrogen and oxygen atoms in total. The number of thiophene rings is 1. The Labute approximate surface area is 182 Å². The topological polar surface area (TPSA) is 71.2 Å². The lowest BCUT2D eigenvalue weighted by Crippen LogP contribution is -2.44. The maximum absolute atomic E-state index is 13.1. The number of pyridine rings is 1. The van der Waals surface area contributed by atoms with E-state index in [4.69, 9.17) is 5.73 Å². The number of aromatic nitrogens is 1. The van der Waals surface area contributed by atoms with Crippen LogP contribution in [0.2, 0.25) is 0 Å². The molecule has 4 rings (SSSR count). The summed E-state index contributed by atoms with van der Waals surface area (Å²) in [4.78, 5) is 19.2. The number of nitrogen functional groups attached to an aromatic ring is 1. The van der Waals surface area contributed by atoms with Crippen LogP contribution in [0.25, 0.3) is 10.2 Å². The Hall–Kier alpha value is -2.65. The van der Waals surface area contributed by atoms with E-state index in [9.17, 15) is 18.0 Å². The van der Waals surface area contributed by atoms with Crippen LogP contribution in [-0.2, 0) is 12.7 Å². The number of carbonyl (C=O) groups is 1. The molecule has 1 aromatic carbocycles. The average Bonchev–Trinajstić information content (AvgIpc) is 3.07. The number of piperidine rings is 1. The molecule has 1 saturated heterocycles. The number of anilines is 1. The highest BCUT2D eigenvalue weighted by Gasteiger charge is 2.34. The molecule has 0 unspecified atom stereocenters. The van der Waals surface area contributed by atoms with E-state index in [1.807, 2.05) is 18.2 Å². The second kappa shape index (κ2) is 8.47. The van der Waals surface area contributed by atoms with Crippen molar-refractivity contribution in [3.63, 3.8) is 0 Å². The SMILES string of the molecule is Cc1cc(C(F)(F)F)nc2sc(C(=O)NC3CCN(Cc4ccccc4)CC3)c(N)c12. The summed E-state index contributed by atoms with van der Waals surface area (Å²) in [6.07, 6.45) is -2.94. The molecule has 3 aromatic rings. The number of carbonyl (C=O) groups excluding carboxylic acids is 1. The van der Waals surface area contributed by atoms with Crippen LogP contribution in [0.5, 0.6) is 0 Å². The Bertz CT molecular complexity index is 1090. The number of benzene rings is 1. The summed E-state index contributed by atoms with van der Waals surface area (Å²) in [6.45, 7) is 4.14. The Morgan fingerprint density at radius 2 is 1.94 bits per heavy atom. The lowest BCUT2D eigenvalue weighted by Gasteiger charge is -2.32. The van der Waals surface area contributed by atoms with Gasteiger partial charge in [0, 0.05) is 31.1 Å². The molecule has 0 spiro atoms. The van der Waals surface area contributed by atoms with Crippen LogP contribution >= 0.6 is 11.3 Å². The second-order valence-corrected chi connectivity index (χ2v) is 8.86. The number of nitrogens with two attached hydrogens (primary N) is 1. The minimum atomic E-state index is -4.55. The Morgan fingerprint density at radius 3 is 2.58 bits per heavy atom. The van der Waals surface area contributed by atoms with Gasteiger partial charge in [-0.05, 0) is 37.0 Å². The van der Waals surface area contributed by atoms with Crippen molar-refractivity contribution in [2.75, 3.05) is 18.8 Å². The number of alkyl halides is 3. The van der Waals surface area contributed by atoms with E-state index in [-0.39, 0.29) is 27.3 Å². The number of amides is 1. The first-order valence-corrected chi connectivity index (χ1v) is 10.9. The summed E-state index contributed by atoms with van der Waals surface area (Å²) in [5.74, 6) is -0.352. The van der Waals surface area contributed by atoms with Crippen LogP contribution in [0.3, 0.4) is 0 Å². The van der Waals surface area contributed by atoms with Crippen LogP contribution in [0, 0.1) is 6.92 Å². The van der Waals surface area contributed by atoms with E-state index >= 15 is 0 Å². The van der Waals surface area contributed by atoms with Gasteiger partial charge in [-0.25, -0.2) is 4.98 Å². The first-order valence-electron chi connectivity index (χ1n) is 10.1. The van der Waals surface area contributed by atoms with Gasteiger partial charge in [0.05, 0.1) is 5.69 Å². The Morgan fingerprint density at radius 1 is 1.26 bits per heavy atom. The number of rotatable bonds is 4. The highest BCUT2D eigenvalue weighted by atomic mass is 32.1. The minimum Gasteiger partial charge on any atom is -0.397 e. The lowest BCUT2D eigenvalue weighted by molar-refractivity contribution is -0.141. The maximum Gasteiger partial charge on any atom is 0.433 e. The molecular weight excluding hydrogens is 425 g/mol. The smallest absolute Gasteiger partial charge is 0.397 e. The molecule has 3 heterocycles. The summed E-state index contributed by atoms with van der Waals surface area (Å²) in [5.41, 5.74) is 6.96. The van der Waals surface area contributed by atoms with Crippen LogP contribution in [0.4, 0.5) is 18.9 Å². The standard InChI is InChI=1S/C22H23F3N4OS/c1-13-11-16(22(23,24)25)28-21-17(13)18(26)19(31-21)20(30)27-15-7-9-29(10-8-15)12-14-5-3-2-4-6-14/h2-6,11,15H,7-10,12,26H2,1H3,(H,27,30). The molecule has 1 aliphatic heterocycles. The molecule has 1 aliphatic rings. The van der Waals surface area contributed by atoms with Gasteiger partial charge in [-0.1, -0.05) is 30.3 Å². The highest BCUT2D eigenvalue weighted by Crippen LogP contribution is 2.38. The first kappa shape index (κ1) is 21.6. The van der Waals surface area contributed by atoms with Crippen molar-refractivity contribution in [1.29, 1.82) is 0 Å². The van der Waals surface area contributed by atoms with Crippen molar-refractivity contribution in [3.05, 3.63) is 58.1 Å². The van der Waals surface area contributed by atoms with Gasteiger partial charge in [0.25, 0.3) is 5.91 Å². The van der Waals surface area contributed by atoms with Crippen molar-refractivity contribution < 1.29 is 18.0 Å². The van der Waals surface area contributed by atoms with Gasteiger partial charge >= 0.3 is 6.18 Å². The second-order valence-electron chi connectivity index (χ2n) is 7.86. The minimum absolute atomic E-state index is 0.00364. The van der Waals surface area contributed by atoms with E-state index in [1.54, 1.807) is 6.92 Å². The van der Waals surface area contributed by atoms with E-state index < -0.39 is 11.9 Å². The number of fused-ring (bicyclic) bond motifs is 1. The van der Waals surface area contributed by atoms with Crippen molar-refractivity contribution in [3.8, 4) is 0 Å². The first-order chi connectivity index (χ1) is 14.7. The summed E-state index contributed by atoms with van der Waals surface area (Å²) in [6, 6.07) is 11.2. The predicted octanol–water partition coefficient (Wildman–Crippen LogP) is 4.60. The molecule has 1 amide bonds. The van der Waals surface area contributed by atoms with E-state index in [2.05, 4.69) is 27.3 Å². The van der Waals surface area contributed by atoms with Crippen LogP contribution < -0.4 is 11.1 Å². The zero-order valence-corrected chi connectivity index (χ0v) is 17.8. The summed E-state index contributed by atoms with van der Waals surface area (Å²) in [7, 11) is 0. The highest BCUT2D eigenvalue weighted by molar-refractivity contribution is 7.21. The molecule has 9 heteroatoms. The number of nitrogens with zero attached hydrogens (tertiary/aromatic N) is 2. The van der Waals surface area contributed by atoms with Gasteiger partial charge in [-0.15, -0.1) is 11.3 Å². The van der Waals surface area contributed by atoms with Gasteiger partial charge < -0.3 is 11.1 Å². The van der Waals surface area contributed by atoms with Gasteiger partial charge in [-0.2, -0.15) is 13.2 Å². The number of nitrogens with one attached hydrogen (secondary N) is 1. The molecule has 164 valence electrons. The van der Waals surface area contributed by atoms with Crippen LogP contribution in [-0.4, -0.2) is 34.9 Å². The van der Waals surface area contributed by atoms with Crippen LogP contribution in [0.1, 0.15) is 39.3 Å². The quantitative estimate of drug-likeness (QED) is 0.612. The number of hydrogen-bond acceptors (Lipinski definition) is 5. The molecule has 31 heavy (non-hydrogen) atoms. The Kier molecular flexibility index (Phi) is 5.90. The van der Waals surface area contributed by atoms with Gasteiger partial charge in [0.2, 0.25) is 0 Å². The molecule has 0 saturated carbocycles. The van der Waals surface area contributed by atoms with Crippen LogP contribution in [0.15, 0.2) is 36.4 Å². The fourth-order valence-corrected chi connectivity index (χ4v) is 5.03. The third kappa shape index (κ3) is 4.67. The normalized spacial score (nSPS) is 16.0. The predicted molar refractivity (Wildman–Crippen MR) is 116 cm³/mol.